The smallest absolute Gasteiger partial charge is 0.254 e. The number of amides is 1. The predicted molar refractivity (Wildman–Crippen MR) is 106 cm³/mol. The molecule has 1 fully saturated rings. The van der Waals surface area contributed by atoms with Crippen molar-refractivity contribution in [1.82, 2.24) is 14.9 Å². The molecular weight excluding hydrogens is 366 g/mol. The standard InChI is InChI=1S/C20H26ClN3O3/c1-2-3-4-5-18-23-17(14-6-8-15(21)9-7-14)10-20(26)24(18)11-19(25)22-16-12-27-13-16/h6-8,10,15-16H,2-5,9,11-13H2,1H3,(H,22,25). The fourth-order valence-corrected chi connectivity index (χ4v) is 3.28. The number of nitrogens with zero attached hydrogens (tertiary/aromatic N) is 2. The number of carbonyl (C=O) groups is 1. The van der Waals surface area contributed by atoms with Crippen LogP contribution in [0.1, 0.15) is 44.1 Å². The number of aromatic nitrogens is 2. The summed E-state index contributed by atoms with van der Waals surface area (Å²) in [6, 6.07) is 1.55. The van der Waals surface area contributed by atoms with E-state index < -0.39 is 0 Å². The van der Waals surface area contributed by atoms with Crippen molar-refractivity contribution in [2.45, 2.75) is 57.0 Å². The van der Waals surface area contributed by atoms with Gasteiger partial charge >= 0.3 is 0 Å². The molecule has 1 amide bonds. The van der Waals surface area contributed by atoms with Gasteiger partial charge in [0.15, 0.2) is 0 Å². The lowest BCUT2D eigenvalue weighted by atomic mass is 10.0. The van der Waals surface area contributed by atoms with Gasteiger partial charge in [0.2, 0.25) is 5.91 Å². The monoisotopic (exact) mass is 391 g/mol. The second kappa shape index (κ2) is 9.33. The average Bonchev–Trinajstić information content (AvgIpc) is 2.61. The highest BCUT2D eigenvalue weighted by Gasteiger charge is 2.21. The molecule has 27 heavy (non-hydrogen) atoms. The Morgan fingerprint density at radius 2 is 2.22 bits per heavy atom. The van der Waals surface area contributed by atoms with Crippen molar-refractivity contribution in [3.8, 4) is 0 Å². The maximum Gasteiger partial charge on any atom is 0.254 e. The zero-order valence-electron chi connectivity index (χ0n) is 15.6. The van der Waals surface area contributed by atoms with Gasteiger partial charge in [0.25, 0.3) is 5.56 Å². The second-order valence-corrected chi connectivity index (χ2v) is 7.57. The van der Waals surface area contributed by atoms with Gasteiger partial charge in [-0.05, 0) is 18.4 Å². The van der Waals surface area contributed by atoms with Crippen LogP contribution in [-0.4, -0.2) is 40.1 Å². The van der Waals surface area contributed by atoms with E-state index in [9.17, 15) is 9.59 Å². The number of allylic oxidation sites excluding steroid dienone is 4. The summed E-state index contributed by atoms with van der Waals surface area (Å²) in [5, 5.41) is 2.86. The Balaban J connectivity index is 1.83. The first kappa shape index (κ1) is 19.8. The van der Waals surface area contributed by atoms with E-state index in [-0.39, 0.29) is 29.4 Å². The lowest BCUT2D eigenvalue weighted by molar-refractivity contribution is -0.125. The molecular formula is C20H26ClN3O3. The number of hydrogen-bond acceptors (Lipinski definition) is 4. The largest absolute Gasteiger partial charge is 0.377 e. The minimum Gasteiger partial charge on any atom is -0.377 e. The first-order valence-electron chi connectivity index (χ1n) is 9.57. The van der Waals surface area contributed by atoms with Crippen LogP contribution in [0, 0.1) is 0 Å². The molecule has 1 saturated heterocycles. The molecule has 0 spiro atoms. The van der Waals surface area contributed by atoms with Crippen LogP contribution >= 0.6 is 11.6 Å². The summed E-state index contributed by atoms with van der Waals surface area (Å²) < 4.78 is 6.56. The van der Waals surface area contributed by atoms with Gasteiger partial charge in [-0.25, -0.2) is 4.98 Å². The summed E-state index contributed by atoms with van der Waals surface area (Å²) in [6.45, 7) is 3.18. The topological polar surface area (TPSA) is 73.2 Å². The van der Waals surface area contributed by atoms with E-state index in [1.807, 2.05) is 18.2 Å². The van der Waals surface area contributed by atoms with Crippen molar-refractivity contribution in [2.24, 2.45) is 0 Å². The van der Waals surface area contributed by atoms with Crippen molar-refractivity contribution >= 4 is 23.1 Å². The summed E-state index contributed by atoms with van der Waals surface area (Å²) >= 11 is 6.09. The number of rotatable bonds is 8. The van der Waals surface area contributed by atoms with E-state index >= 15 is 0 Å². The van der Waals surface area contributed by atoms with Gasteiger partial charge < -0.3 is 10.1 Å². The molecule has 1 aromatic heterocycles. The average molecular weight is 392 g/mol. The molecule has 0 aromatic carbocycles. The van der Waals surface area contributed by atoms with E-state index in [1.165, 1.54) is 10.6 Å². The third-order valence-electron chi connectivity index (χ3n) is 4.74. The number of alkyl halides is 1. The fraction of sp³-hybridized carbons (Fsp3) is 0.550. The van der Waals surface area contributed by atoms with Crippen molar-refractivity contribution in [3.05, 3.63) is 46.2 Å². The highest BCUT2D eigenvalue weighted by Crippen LogP contribution is 2.22. The van der Waals surface area contributed by atoms with Crippen LogP contribution in [0.15, 0.2) is 29.1 Å². The molecule has 0 saturated carbocycles. The number of aryl methyl sites for hydroxylation is 1. The number of carbonyl (C=O) groups excluding carboxylic acids is 1. The molecule has 1 aliphatic carbocycles. The lowest BCUT2D eigenvalue weighted by Crippen LogP contribution is -2.50. The molecule has 1 aliphatic heterocycles. The van der Waals surface area contributed by atoms with E-state index in [2.05, 4.69) is 12.2 Å². The molecule has 0 bridgehead atoms. The van der Waals surface area contributed by atoms with Crippen LogP contribution in [0.5, 0.6) is 0 Å². The maximum absolute atomic E-state index is 12.7. The van der Waals surface area contributed by atoms with Gasteiger partial charge in [-0.2, -0.15) is 0 Å². The first-order valence-corrected chi connectivity index (χ1v) is 10.0. The number of nitrogens with one attached hydrogen (secondary N) is 1. The molecule has 146 valence electrons. The summed E-state index contributed by atoms with van der Waals surface area (Å²) in [5.74, 6) is 0.478. The SMILES string of the molecule is CCCCCc1nc(C2=CCC(Cl)C=C2)cc(=O)n1CC(=O)NC1COC1. The first-order chi connectivity index (χ1) is 13.1. The molecule has 3 rings (SSSR count). The minimum atomic E-state index is -0.200. The van der Waals surface area contributed by atoms with Gasteiger partial charge in [-0.1, -0.05) is 38.0 Å². The van der Waals surface area contributed by atoms with Gasteiger partial charge in [0.1, 0.15) is 12.4 Å². The van der Waals surface area contributed by atoms with E-state index in [0.717, 1.165) is 31.3 Å². The van der Waals surface area contributed by atoms with Crippen molar-refractivity contribution < 1.29 is 9.53 Å². The highest BCUT2D eigenvalue weighted by molar-refractivity contribution is 6.22. The molecule has 1 atom stereocenters. The molecule has 2 aliphatic rings. The van der Waals surface area contributed by atoms with E-state index in [0.29, 0.717) is 31.2 Å². The quantitative estimate of drug-likeness (QED) is 0.545. The molecule has 1 N–H and O–H groups in total. The van der Waals surface area contributed by atoms with E-state index in [4.69, 9.17) is 21.3 Å². The number of ether oxygens (including phenoxy) is 1. The number of hydrogen-bond donors (Lipinski definition) is 1. The molecule has 7 heteroatoms. The second-order valence-electron chi connectivity index (χ2n) is 7.01. The van der Waals surface area contributed by atoms with Gasteiger partial charge in [-0.3, -0.25) is 14.2 Å². The highest BCUT2D eigenvalue weighted by atomic mass is 35.5. The Labute approximate surface area is 164 Å². The third kappa shape index (κ3) is 5.30. The Kier molecular flexibility index (Phi) is 6.85. The molecule has 2 heterocycles. The summed E-state index contributed by atoms with van der Waals surface area (Å²) in [5.41, 5.74) is 1.35. The van der Waals surface area contributed by atoms with Crippen LogP contribution < -0.4 is 10.9 Å². The fourth-order valence-electron chi connectivity index (χ4n) is 3.11. The third-order valence-corrected chi connectivity index (χ3v) is 5.06. The van der Waals surface area contributed by atoms with Crippen LogP contribution in [0.2, 0.25) is 0 Å². The van der Waals surface area contributed by atoms with Crippen LogP contribution in [0.25, 0.3) is 5.57 Å². The Bertz CT molecular complexity index is 796. The Hall–Kier alpha value is -1.92. The normalized spacial score (nSPS) is 19.5. The van der Waals surface area contributed by atoms with Gasteiger partial charge in [0.05, 0.1) is 30.3 Å². The van der Waals surface area contributed by atoms with Crippen LogP contribution in [-0.2, 0) is 22.5 Å². The van der Waals surface area contributed by atoms with Crippen molar-refractivity contribution in [2.75, 3.05) is 13.2 Å². The number of unbranched alkanes of at least 4 members (excludes halogenated alkanes) is 2. The summed E-state index contributed by atoms with van der Waals surface area (Å²) in [6.07, 6.45) is 10.3. The zero-order chi connectivity index (χ0) is 19.2. The van der Waals surface area contributed by atoms with E-state index in [1.54, 1.807) is 0 Å². The molecule has 1 aromatic rings. The van der Waals surface area contributed by atoms with Crippen molar-refractivity contribution in [1.29, 1.82) is 0 Å². The predicted octanol–water partition coefficient (Wildman–Crippen LogP) is 2.44. The summed E-state index contributed by atoms with van der Waals surface area (Å²) in [4.78, 5) is 29.7. The Morgan fingerprint density at radius 3 is 2.85 bits per heavy atom. The molecule has 0 radical (unpaired) electrons. The van der Waals surface area contributed by atoms with Gasteiger partial charge in [-0.15, -0.1) is 11.6 Å². The maximum atomic E-state index is 12.7. The minimum absolute atomic E-state index is 0.0112. The zero-order valence-corrected chi connectivity index (χ0v) is 16.4. The lowest BCUT2D eigenvalue weighted by Gasteiger charge is -2.27. The summed E-state index contributed by atoms with van der Waals surface area (Å²) in [7, 11) is 0. The number of halogens is 1. The Morgan fingerprint density at radius 1 is 1.41 bits per heavy atom. The molecule has 6 nitrogen and oxygen atoms in total. The van der Waals surface area contributed by atoms with Gasteiger partial charge in [0, 0.05) is 12.5 Å². The molecule has 1 unspecified atom stereocenters. The van der Waals surface area contributed by atoms with Crippen LogP contribution in [0.3, 0.4) is 0 Å². The van der Waals surface area contributed by atoms with Crippen molar-refractivity contribution in [3.63, 3.8) is 0 Å². The van der Waals surface area contributed by atoms with Crippen LogP contribution in [0.4, 0.5) is 0 Å².